The van der Waals surface area contributed by atoms with Crippen molar-refractivity contribution in [3.63, 3.8) is 0 Å². The number of hydrogen-bond acceptors (Lipinski definition) is 4. The third kappa shape index (κ3) is 4.47. The van der Waals surface area contributed by atoms with Crippen LogP contribution < -0.4 is 5.32 Å². The third-order valence-electron chi connectivity index (χ3n) is 1.37. The van der Waals surface area contributed by atoms with Crippen molar-refractivity contribution in [1.82, 2.24) is 10.2 Å². The maximum atomic E-state index is 11.2. The van der Waals surface area contributed by atoms with Gasteiger partial charge in [-0.05, 0) is 21.0 Å². The van der Waals surface area contributed by atoms with Gasteiger partial charge in [0.2, 0.25) is 5.91 Å². The van der Waals surface area contributed by atoms with E-state index in [2.05, 4.69) is 5.32 Å². The molecule has 0 bridgehead atoms. The van der Waals surface area contributed by atoms with Gasteiger partial charge >= 0.3 is 5.97 Å². The molecule has 0 heterocycles. The molecule has 0 radical (unpaired) electrons. The lowest BCUT2D eigenvalue weighted by Gasteiger charge is -2.22. The number of carbonyl (C=O) groups excluding carboxylic acids is 2. The molecule has 0 fully saturated rings. The van der Waals surface area contributed by atoms with Gasteiger partial charge in [-0.1, -0.05) is 0 Å². The Kier molecular flexibility index (Phi) is 5.06. The van der Waals surface area contributed by atoms with Crippen molar-refractivity contribution in [2.75, 3.05) is 20.7 Å². The molecule has 0 aliphatic carbocycles. The SMILES string of the molecule is CCOC(=O)C(NC(C)=O)N(C)C. The molecule has 76 valence electrons. The minimum atomic E-state index is -0.697. The number of esters is 1. The first-order valence-corrected chi connectivity index (χ1v) is 4.09. The molecule has 5 heteroatoms. The van der Waals surface area contributed by atoms with Crippen LogP contribution in [0.5, 0.6) is 0 Å². The number of amides is 1. The summed E-state index contributed by atoms with van der Waals surface area (Å²) in [6, 6.07) is 0. The predicted molar refractivity (Wildman–Crippen MR) is 47.9 cm³/mol. The molecule has 1 atom stereocenters. The number of nitrogens with zero attached hydrogens (tertiary/aromatic N) is 1. The van der Waals surface area contributed by atoms with E-state index in [-0.39, 0.29) is 5.91 Å². The Bertz CT molecular complexity index is 192. The van der Waals surface area contributed by atoms with Gasteiger partial charge in [-0.2, -0.15) is 0 Å². The van der Waals surface area contributed by atoms with Crippen molar-refractivity contribution in [1.29, 1.82) is 0 Å². The first-order chi connectivity index (χ1) is 5.99. The Labute approximate surface area is 78.0 Å². The van der Waals surface area contributed by atoms with Crippen LogP contribution in [0.25, 0.3) is 0 Å². The zero-order valence-corrected chi connectivity index (χ0v) is 8.46. The maximum absolute atomic E-state index is 11.2. The standard InChI is InChI=1S/C8H16N2O3/c1-5-13-8(12)7(10(3)4)9-6(2)11/h7H,5H2,1-4H3,(H,9,11). The Morgan fingerprint density at radius 3 is 2.31 bits per heavy atom. The van der Waals surface area contributed by atoms with E-state index in [9.17, 15) is 9.59 Å². The van der Waals surface area contributed by atoms with Gasteiger partial charge in [0.05, 0.1) is 6.61 Å². The smallest absolute Gasteiger partial charge is 0.344 e. The second-order valence-electron chi connectivity index (χ2n) is 2.82. The Balaban J connectivity index is 4.24. The summed E-state index contributed by atoms with van der Waals surface area (Å²) in [5.74, 6) is -0.700. The van der Waals surface area contributed by atoms with Crippen molar-refractivity contribution in [2.24, 2.45) is 0 Å². The highest BCUT2D eigenvalue weighted by Gasteiger charge is 2.22. The van der Waals surface area contributed by atoms with Crippen molar-refractivity contribution < 1.29 is 14.3 Å². The molecule has 1 unspecified atom stereocenters. The first-order valence-electron chi connectivity index (χ1n) is 4.09. The van der Waals surface area contributed by atoms with E-state index in [1.807, 2.05) is 0 Å². The van der Waals surface area contributed by atoms with Crippen molar-refractivity contribution in [2.45, 2.75) is 20.0 Å². The fraction of sp³-hybridized carbons (Fsp3) is 0.750. The lowest BCUT2D eigenvalue weighted by atomic mass is 10.4. The van der Waals surface area contributed by atoms with Crippen molar-refractivity contribution in [3.8, 4) is 0 Å². The molecule has 5 nitrogen and oxygen atoms in total. The molecule has 0 aromatic carbocycles. The number of nitrogens with one attached hydrogen (secondary N) is 1. The van der Waals surface area contributed by atoms with Crippen LogP contribution >= 0.6 is 0 Å². The molecule has 0 rings (SSSR count). The summed E-state index contributed by atoms with van der Waals surface area (Å²) < 4.78 is 4.77. The second kappa shape index (κ2) is 5.53. The monoisotopic (exact) mass is 188 g/mol. The fourth-order valence-electron chi connectivity index (χ4n) is 0.813. The third-order valence-corrected chi connectivity index (χ3v) is 1.37. The van der Waals surface area contributed by atoms with Crippen molar-refractivity contribution >= 4 is 11.9 Å². The minimum Gasteiger partial charge on any atom is -0.463 e. The van der Waals surface area contributed by atoms with Crippen LogP contribution in [0.4, 0.5) is 0 Å². The van der Waals surface area contributed by atoms with Gasteiger partial charge in [0, 0.05) is 6.92 Å². The molecule has 0 aromatic heterocycles. The Morgan fingerprint density at radius 2 is 2.00 bits per heavy atom. The highest BCUT2D eigenvalue weighted by Crippen LogP contribution is 1.92. The summed E-state index contributed by atoms with van der Waals surface area (Å²) in [4.78, 5) is 23.5. The van der Waals surface area contributed by atoms with Crippen LogP contribution in [0, 0.1) is 0 Å². The van der Waals surface area contributed by atoms with E-state index in [1.165, 1.54) is 6.92 Å². The zero-order valence-electron chi connectivity index (χ0n) is 8.46. The molecule has 13 heavy (non-hydrogen) atoms. The summed E-state index contributed by atoms with van der Waals surface area (Å²) in [5.41, 5.74) is 0. The molecule has 0 saturated heterocycles. The van der Waals surface area contributed by atoms with E-state index < -0.39 is 12.1 Å². The summed E-state index contributed by atoms with van der Waals surface area (Å²) in [6.45, 7) is 3.39. The van der Waals surface area contributed by atoms with Crippen molar-refractivity contribution in [3.05, 3.63) is 0 Å². The molecule has 0 saturated carbocycles. The maximum Gasteiger partial charge on any atom is 0.344 e. The largest absolute Gasteiger partial charge is 0.463 e. The molecule has 1 N–H and O–H groups in total. The van der Waals surface area contributed by atoms with Crippen LogP contribution in [0.1, 0.15) is 13.8 Å². The highest BCUT2D eigenvalue weighted by molar-refractivity contribution is 5.82. The Hall–Kier alpha value is -1.10. The van der Waals surface area contributed by atoms with E-state index in [0.717, 1.165) is 0 Å². The summed E-state index contributed by atoms with van der Waals surface area (Å²) in [7, 11) is 3.38. The summed E-state index contributed by atoms with van der Waals surface area (Å²) in [5, 5.41) is 2.48. The summed E-state index contributed by atoms with van der Waals surface area (Å²) in [6.07, 6.45) is -0.697. The molecular formula is C8H16N2O3. The van der Waals surface area contributed by atoms with Crippen LogP contribution in [0.3, 0.4) is 0 Å². The lowest BCUT2D eigenvalue weighted by molar-refractivity contribution is -0.151. The predicted octanol–water partition coefficient (Wildman–Crippen LogP) is -0.427. The zero-order chi connectivity index (χ0) is 10.4. The number of rotatable bonds is 4. The normalized spacial score (nSPS) is 12.4. The van der Waals surface area contributed by atoms with Crippen LogP contribution in [0.15, 0.2) is 0 Å². The molecule has 0 aromatic rings. The highest BCUT2D eigenvalue weighted by atomic mass is 16.5. The molecule has 1 amide bonds. The number of hydrogen-bond donors (Lipinski definition) is 1. The summed E-state index contributed by atoms with van der Waals surface area (Å²) >= 11 is 0. The van der Waals surface area contributed by atoms with Gasteiger partial charge in [0.15, 0.2) is 6.17 Å². The van der Waals surface area contributed by atoms with Crippen LogP contribution in [-0.2, 0) is 14.3 Å². The molecule has 0 aliphatic heterocycles. The topological polar surface area (TPSA) is 58.6 Å². The number of likely N-dealkylation sites (N-methyl/N-ethyl adjacent to an activating group) is 1. The minimum absolute atomic E-state index is 0.258. The van der Waals surface area contributed by atoms with E-state index in [0.29, 0.717) is 6.61 Å². The van der Waals surface area contributed by atoms with Gasteiger partial charge < -0.3 is 10.1 Å². The van der Waals surface area contributed by atoms with Gasteiger partial charge in [0.1, 0.15) is 0 Å². The lowest BCUT2D eigenvalue weighted by Crippen LogP contribution is -2.50. The van der Waals surface area contributed by atoms with E-state index >= 15 is 0 Å². The first kappa shape index (κ1) is 11.9. The van der Waals surface area contributed by atoms with Gasteiger partial charge in [-0.15, -0.1) is 0 Å². The van der Waals surface area contributed by atoms with E-state index in [4.69, 9.17) is 4.74 Å². The fourth-order valence-corrected chi connectivity index (χ4v) is 0.813. The van der Waals surface area contributed by atoms with E-state index in [1.54, 1.807) is 25.9 Å². The average molecular weight is 188 g/mol. The quantitative estimate of drug-likeness (QED) is 0.480. The average Bonchev–Trinajstić information content (AvgIpc) is 1.99. The van der Waals surface area contributed by atoms with Gasteiger partial charge in [-0.3, -0.25) is 9.69 Å². The molecular weight excluding hydrogens is 172 g/mol. The molecule has 0 aliphatic rings. The molecule has 0 spiro atoms. The number of carbonyl (C=O) groups is 2. The number of ether oxygens (including phenoxy) is 1. The van der Waals surface area contributed by atoms with Gasteiger partial charge in [-0.25, -0.2) is 4.79 Å². The van der Waals surface area contributed by atoms with Gasteiger partial charge in [0.25, 0.3) is 0 Å². The van der Waals surface area contributed by atoms with Crippen LogP contribution in [-0.4, -0.2) is 43.6 Å². The Morgan fingerprint density at radius 1 is 1.46 bits per heavy atom. The second-order valence-corrected chi connectivity index (χ2v) is 2.82. The van der Waals surface area contributed by atoms with Crippen LogP contribution in [0.2, 0.25) is 0 Å².